The first kappa shape index (κ1) is 20.1. The Balaban J connectivity index is 1.47. The van der Waals surface area contributed by atoms with Crippen molar-refractivity contribution < 1.29 is 4.74 Å². The summed E-state index contributed by atoms with van der Waals surface area (Å²) in [5.41, 5.74) is 4.11. The van der Waals surface area contributed by atoms with Crippen LogP contribution in [-0.4, -0.2) is 10.7 Å². The van der Waals surface area contributed by atoms with Gasteiger partial charge < -0.3 is 4.74 Å². The Hall–Kier alpha value is -2.53. The monoisotopic (exact) mass is 522 g/mol. The van der Waals surface area contributed by atoms with Crippen LogP contribution in [0.3, 0.4) is 0 Å². The van der Waals surface area contributed by atoms with E-state index in [2.05, 4.69) is 64.5 Å². The second kappa shape index (κ2) is 7.80. The van der Waals surface area contributed by atoms with Crippen molar-refractivity contribution in [3.05, 3.63) is 110 Å². The Bertz CT molecular complexity index is 1400. The van der Waals surface area contributed by atoms with Crippen LogP contribution in [0.2, 0.25) is 10.0 Å². The van der Waals surface area contributed by atoms with E-state index in [1.165, 1.54) is 10.8 Å². The minimum atomic E-state index is -0.434. The number of hydrogen-bond acceptors (Lipinski definition) is 3. The Morgan fingerprint density at radius 2 is 1.72 bits per heavy atom. The van der Waals surface area contributed by atoms with Gasteiger partial charge in [-0.2, -0.15) is 5.10 Å². The fourth-order valence-corrected chi connectivity index (χ4v) is 5.39. The summed E-state index contributed by atoms with van der Waals surface area (Å²) in [5, 5.41) is 10.7. The topological polar surface area (TPSA) is 24.8 Å². The van der Waals surface area contributed by atoms with Crippen molar-refractivity contribution in [2.45, 2.75) is 18.7 Å². The van der Waals surface area contributed by atoms with Crippen molar-refractivity contribution in [3.8, 4) is 5.75 Å². The molecule has 0 radical (unpaired) electrons. The Kier molecular flexibility index (Phi) is 4.90. The highest BCUT2D eigenvalue weighted by atomic mass is 79.9. The highest BCUT2D eigenvalue weighted by Gasteiger charge is 2.41. The summed E-state index contributed by atoms with van der Waals surface area (Å²) in [6.07, 6.45) is 0.351. The molecule has 0 bridgehead atoms. The summed E-state index contributed by atoms with van der Waals surface area (Å²) in [4.78, 5) is 0. The molecule has 32 heavy (non-hydrogen) atoms. The summed E-state index contributed by atoms with van der Waals surface area (Å²) in [6.45, 7) is 0. The summed E-state index contributed by atoms with van der Waals surface area (Å²) in [6, 6.07) is 26.5. The third-order valence-corrected chi connectivity index (χ3v) is 7.12. The number of fused-ring (bicyclic) bond motifs is 4. The number of hydrogen-bond donors (Lipinski definition) is 0. The lowest BCUT2D eigenvalue weighted by Crippen LogP contribution is -2.33. The van der Waals surface area contributed by atoms with Crippen molar-refractivity contribution in [2.24, 2.45) is 5.10 Å². The minimum Gasteiger partial charge on any atom is -0.464 e. The molecule has 158 valence electrons. The number of rotatable bonds is 2. The molecule has 0 fully saturated rings. The van der Waals surface area contributed by atoms with E-state index < -0.39 is 6.23 Å². The first-order valence-electron chi connectivity index (χ1n) is 10.3. The highest BCUT2D eigenvalue weighted by Crippen LogP contribution is 2.49. The average molecular weight is 524 g/mol. The molecule has 0 saturated heterocycles. The SMILES string of the molecule is Clc1ccc([C@@H]2Oc3ccc(Br)cc3[C@@H]3CC(c4ccc5ccccc5c4)=NN32)c(Cl)c1. The minimum absolute atomic E-state index is 0.0504. The second-order valence-corrected chi connectivity index (χ2v) is 9.79. The molecule has 2 heterocycles. The van der Waals surface area contributed by atoms with E-state index in [-0.39, 0.29) is 6.04 Å². The molecule has 0 aromatic heterocycles. The van der Waals surface area contributed by atoms with Gasteiger partial charge in [0.15, 0.2) is 0 Å². The summed E-state index contributed by atoms with van der Waals surface area (Å²) in [5.74, 6) is 0.848. The quantitative estimate of drug-likeness (QED) is 0.265. The van der Waals surface area contributed by atoms with Gasteiger partial charge in [0.05, 0.1) is 16.8 Å². The largest absolute Gasteiger partial charge is 0.464 e. The van der Waals surface area contributed by atoms with Crippen LogP contribution in [0.1, 0.15) is 35.4 Å². The van der Waals surface area contributed by atoms with E-state index in [1.54, 1.807) is 6.07 Å². The van der Waals surface area contributed by atoms with E-state index in [0.717, 1.165) is 39.0 Å². The van der Waals surface area contributed by atoms with Gasteiger partial charge in [-0.3, -0.25) is 0 Å². The van der Waals surface area contributed by atoms with Gasteiger partial charge >= 0.3 is 0 Å². The standard InChI is InChI=1S/C26H17BrCl2N2O/c27-18-7-10-25-21(12-18)24-14-23(17-6-5-15-3-1-2-4-16(15)11-17)30-31(24)26(32-25)20-9-8-19(28)13-22(20)29/h1-13,24,26H,14H2/t24-,26-/m0/s1. The van der Waals surface area contributed by atoms with Gasteiger partial charge in [-0.1, -0.05) is 81.6 Å². The maximum atomic E-state index is 6.58. The molecule has 6 rings (SSSR count). The van der Waals surface area contributed by atoms with Crippen LogP contribution in [0.15, 0.2) is 88.4 Å². The van der Waals surface area contributed by atoms with Crippen LogP contribution in [0.4, 0.5) is 0 Å². The first-order valence-corrected chi connectivity index (χ1v) is 11.9. The lowest BCUT2D eigenvalue weighted by atomic mass is 9.95. The molecule has 2 atom stereocenters. The summed E-state index contributed by atoms with van der Waals surface area (Å²) >= 11 is 16.3. The van der Waals surface area contributed by atoms with Crippen molar-refractivity contribution in [3.63, 3.8) is 0 Å². The molecule has 4 aromatic rings. The predicted octanol–water partition coefficient (Wildman–Crippen LogP) is 8.15. The molecule has 3 nitrogen and oxygen atoms in total. The zero-order valence-corrected chi connectivity index (χ0v) is 19.9. The summed E-state index contributed by atoms with van der Waals surface area (Å²) < 4.78 is 7.45. The highest BCUT2D eigenvalue weighted by molar-refractivity contribution is 9.10. The first-order chi connectivity index (χ1) is 15.6. The molecule has 2 aliphatic heterocycles. The third kappa shape index (κ3) is 3.38. The normalized spacial score (nSPS) is 19.3. The average Bonchev–Trinajstić information content (AvgIpc) is 3.25. The number of halogens is 3. The number of nitrogens with zero attached hydrogens (tertiary/aromatic N) is 2. The van der Waals surface area contributed by atoms with Crippen molar-refractivity contribution in [1.82, 2.24) is 5.01 Å². The molecule has 6 heteroatoms. The predicted molar refractivity (Wildman–Crippen MR) is 134 cm³/mol. The van der Waals surface area contributed by atoms with Gasteiger partial charge in [0, 0.05) is 27.0 Å². The smallest absolute Gasteiger partial charge is 0.215 e. The van der Waals surface area contributed by atoms with E-state index in [0.29, 0.717) is 10.0 Å². The van der Waals surface area contributed by atoms with Crippen molar-refractivity contribution in [1.29, 1.82) is 0 Å². The molecular formula is C26H17BrCl2N2O. The van der Waals surface area contributed by atoms with Crippen LogP contribution in [-0.2, 0) is 0 Å². The molecule has 2 aliphatic rings. The maximum Gasteiger partial charge on any atom is 0.215 e. The Labute approximate surface area is 204 Å². The number of benzene rings is 4. The van der Waals surface area contributed by atoms with Gasteiger partial charge in [0.2, 0.25) is 6.23 Å². The molecule has 0 aliphatic carbocycles. The van der Waals surface area contributed by atoms with Crippen molar-refractivity contribution >= 4 is 55.6 Å². The lowest BCUT2D eigenvalue weighted by molar-refractivity contribution is -0.0190. The zero-order valence-electron chi connectivity index (χ0n) is 16.8. The molecule has 0 spiro atoms. The third-order valence-electron chi connectivity index (χ3n) is 6.06. The lowest BCUT2D eigenvalue weighted by Gasteiger charge is -2.38. The van der Waals surface area contributed by atoms with Crippen LogP contribution in [0.5, 0.6) is 5.75 Å². The fourth-order valence-electron chi connectivity index (χ4n) is 4.51. The Morgan fingerprint density at radius 1 is 0.875 bits per heavy atom. The second-order valence-electron chi connectivity index (χ2n) is 8.03. The van der Waals surface area contributed by atoms with Crippen LogP contribution < -0.4 is 4.74 Å². The molecule has 4 aromatic carbocycles. The summed E-state index contributed by atoms with van der Waals surface area (Å²) in [7, 11) is 0. The number of ether oxygens (including phenoxy) is 1. The molecule has 0 saturated carbocycles. The van der Waals surface area contributed by atoms with E-state index >= 15 is 0 Å². The maximum absolute atomic E-state index is 6.58. The Morgan fingerprint density at radius 3 is 2.56 bits per heavy atom. The van der Waals surface area contributed by atoms with Gasteiger partial charge in [0.1, 0.15) is 5.75 Å². The van der Waals surface area contributed by atoms with Crippen LogP contribution in [0.25, 0.3) is 10.8 Å². The van der Waals surface area contributed by atoms with Crippen LogP contribution >= 0.6 is 39.1 Å². The van der Waals surface area contributed by atoms with E-state index in [1.807, 2.05) is 29.3 Å². The van der Waals surface area contributed by atoms with E-state index in [9.17, 15) is 0 Å². The molecular weight excluding hydrogens is 507 g/mol. The van der Waals surface area contributed by atoms with Gasteiger partial charge in [-0.15, -0.1) is 0 Å². The molecule has 0 N–H and O–H groups in total. The van der Waals surface area contributed by atoms with Crippen molar-refractivity contribution in [2.75, 3.05) is 0 Å². The van der Waals surface area contributed by atoms with E-state index in [4.69, 9.17) is 33.0 Å². The molecule has 0 amide bonds. The fraction of sp³-hybridized carbons (Fsp3) is 0.115. The van der Waals surface area contributed by atoms with Gasteiger partial charge in [-0.05, 0) is 52.7 Å². The van der Waals surface area contributed by atoms with Crippen LogP contribution in [0, 0.1) is 0 Å². The van der Waals surface area contributed by atoms with Gasteiger partial charge in [0.25, 0.3) is 0 Å². The number of hydrazone groups is 1. The van der Waals surface area contributed by atoms with Gasteiger partial charge in [-0.25, -0.2) is 5.01 Å². The zero-order chi connectivity index (χ0) is 21.8. The molecule has 0 unspecified atom stereocenters.